The normalized spacial score (nSPS) is 30.5. The van der Waals surface area contributed by atoms with Crippen molar-refractivity contribution in [1.29, 1.82) is 0 Å². The smallest absolute Gasteiger partial charge is 0.0548 e. The average Bonchev–Trinajstić information content (AvgIpc) is 1.01. The number of nitrogens with one attached hydrogen (secondary N) is 7. The maximum atomic E-state index is 4.95. The maximum absolute atomic E-state index is 4.95. The fourth-order valence-corrected chi connectivity index (χ4v) is 15.3. The SMILES string of the molecule is C1CNCCN2CCCNCCN(C1)CC2.C1CNCCN2CCCNCCN(C1)CC2.C1CNCCN2CCCNCCN(C1)CC2.CN1CCCN2Cc3cccc(n3)CN(CCC1)Cc1cccc(n1)C2.c1ccc(CN2CCCN3CCNCCCN(CC3)CC2)cc1. The number of fused-ring (bicyclic) bond motifs is 18. The van der Waals surface area contributed by atoms with Crippen molar-refractivity contribution in [2.75, 3.05) is 295 Å². The molecule has 97 heavy (non-hydrogen) atoms. The van der Waals surface area contributed by atoms with Gasteiger partial charge in [-0.3, -0.25) is 24.7 Å². The van der Waals surface area contributed by atoms with Crippen molar-refractivity contribution in [2.24, 2.45) is 0 Å². The van der Waals surface area contributed by atoms with E-state index in [1.54, 1.807) is 0 Å². The van der Waals surface area contributed by atoms with Crippen LogP contribution in [0.5, 0.6) is 0 Å². The van der Waals surface area contributed by atoms with E-state index in [1.807, 2.05) is 0 Å². The number of hydrogen-bond acceptors (Lipinski definition) is 21. The number of benzene rings is 1. The summed E-state index contributed by atoms with van der Waals surface area (Å²) in [6.07, 6.45) is 12.7. The number of hydrogen-bond donors (Lipinski definition) is 7. The van der Waals surface area contributed by atoms with Crippen LogP contribution in [0.25, 0.3) is 0 Å². The molecule has 0 aliphatic carbocycles. The van der Waals surface area contributed by atoms with Gasteiger partial charge >= 0.3 is 0 Å². The van der Waals surface area contributed by atoms with Crippen LogP contribution in [0.3, 0.4) is 0 Å². The highest BCUT2D eigenvalue weighted by atomic mass is 15.3. The molecular weight excluding hydrogens is 1210 g/mol. The molecule has 13 heterocycles. The third-order valence-electron chi connectivity index (χ3n) is 21.2. The standard InChI is InChI=1S/C21H29N5.C19H32N4.3C12H26N4/c1-24-10-4-12-25-14-18-6-2-7-19(22-18)15-26(13-5-11-24)17-21-9-3-8-20(16-25)23-21;1-2-6-19(7-3-1)18-23-12-5-11-21-13-9-20-8-4-10-22(15-14-21)16-17-23;3*1-3-13-5-10-16-8-2-4-14-6-9-15(7-1)11-12-16/h2-3,6-9H,4-5,10-17H2,1H3;1-3,6-7,20H,4-5,8-18H2;3*13-14H,1-12H2. The van der Waals surface area contributed by atoms with Gasteiger partial charge in [-0.05, 0) is 219 Å². The van der Waals surface area contributed by atoms with Gasteiger partial charge in [0, 0.05) is 203 Å². The Morgan fingerprint density at radius 1 is 0.237 bits per heavy atom. The lowest BCUT2D eigenvalue weighted by molar-refractivity contribution is 0.141. The Kier molecular flexibility index (Phi) is 39.0. The number of aromatic nitrogens is 2. The van der Waals surface area contributed by atoms with E-state index in [1.165, 1.54) is 302 Å². The largest absolute Gasteiger partial charge is 0.315 e. The first-order valence-electron chi connectivity index (χ1n) is 39.5. The Hall–Kier alpha value is -3.24. The van der Waals surface area contributed by atoms with Crippen LogP contribution in [0.2, 0.25) is 0 Å². The lowest BCUT2D eigenvalue weighted by atomic mass is 10.2. The number of pyridine rings is 2. The van der Waals surface area contributed by atoms with Gasteiger partial charge in [0.05, 0.1) is 22.8 Å². The van der Waals surface area contributed by atoms with E-state index in [0.29, 0.717) is 0 Å². The molecule has 11 aliphatic heterocycles. The van der Waals surface area contributed by atoms with Crippen LogP contribution in [-0.2, 0) is 32.7 Å². The van der Waals surface area contributed by atoms with Gasteiger partial charge in [0.15, 0.2) is 0 Å². The molecule has 14 rings (SSSR count). The quantitative estimate of drug-likeness (QED) is 0.202. The summed E-state index contributed by atoms with van der Waals surface area (Å²) in [7, 11) is 2.25. The van der Waals surface area contributed by atoms with Crippen molar-refractivity contribution in [3.8, 4) is 0 Å². The topological polar surface area (TPSA) is 149 Å². The fourth-order valence-electron chi connectivity index (χ4n) is 15.3. The van der Waals surface area contributed by atoms with Gasteiger partial charge in [0.2, 0.25) is 0 Å². The van der Waals surface area contributed by atoms with E-state index in [2.05, 4.69) is 170 Å². The van der Waals surface area contributed by atoms with Crippen molar-refractivity contribution < 1.29 is 0 Å². The Bertz CT molecular complexity index is 2120. The summed E-state index contributed by atoms with van der Waals surface area (Å²) in [5, 5.41) is 24.8. The summed E-state index contributed by atoms with van der Waals surface area (Å²) in [6, 6.07) is 23.9. The molecule has 21 heteroatoms. The fraction of sp³-hybridized carbons (Fsp3) is 0.789. The van der Waals surface area contributed by atoms with Crippen molar-refractivity contribution in [3.05, 3.63) is 95.1 Å². The van der Waals surface area contributed by atoms with Gasteiger partial charge in [-0.25, -0.2) is 0 Å². The first kappa shape index (κ1) is 77.9. The van der Waals surface area contributed by atoms with E-state index in [0.717, 1.165) is 111 Å². The van der Waals surface area contributed by atoms with Crippen LogP contribution in [0.15, 0.2) is 66.7 Å². The van der Waals surface area contributed by atoms with Crippen LogP contribution in [0.1, 0.15) is 92.5 Å². The van der Waals surface area contributed by atoms with E-state index >= 15 is 0 Å². The highest BCUT2D eigenvalue weighted by Crippen LogP contribution is 2.17. The van der Waals surface area contributed by atoms with Crippen LogP contribution in [-0.4, -0.2) is 364 Å². The summed E-state index contributed by atoms with van der Waals surface area (Å²) in [4.78, 5) is 41.0. The third kappa shape index (κ3) is 33.6. The second-order valence-electron chi connectivity index (χ2n) is 29.2. The molecule has 8 fully saturated rings. The van der Waals surface area contributed by atoms with Crippen molar-refractivity contribution in [1.82, 2.24) is 106 Å². The molecule has 0 spiro atoms. The van der Waals surface area contributed by atoms with Crippen LogP contribution < -0.4 is 37.2 Å². The van der Waals surface area contributed by atoms with Crippen LogP contribution in [0.4, 0.5) is 0 Å². The summed E-state index contributed by atoms with van der Waals surface area (Å²) >= 11 is 0. The molecule has 0 saturated carbocycles. The first-order valence-corrected chi connectivity index (χ1v) is 39.5. The average molecular weight is 1350 g/mol. The molecule has 1 aromatic carbocycles. The lowest BCUT2D eigenvalue weighted by Crippen LogP contribution is -2.46. The van der Waals surface area contributed by atoms with Crippen molar-refractivity contribution in [3.63, 3.8) is 0 Å². The highest BCUT2D eigenvalue weighted by Gasteiger charge is 2.21. The molecule has 3 aromatic rings. The molecule has 21 nitrogen and oxygen atoms in total. The van der Waals surface area contributed by atoms with Gasteiger partial charge in [-0.15, -0.1) is 0 Å². The Labute approximate surface area is 590 Å². The zero-order valence-electron chi connectivity index (χ0n) is 61.3. The molecule has 8 atom stereocenters. The molecule has 7 N–H and O–H groups in total. The van der Waals surface area contributed by atoms with Crippen molar-refractivity contribution in [2.45, 2.75) is 96.9 Å². The summed E-state index contributed by atoms with van der Waals surface area (Å²) in [5.41, 5.74) is 6.13. The van der Waals surface area contributed by atoms with Crippen LogP contribution in [0, 0.1) is 0 Å². The second kappa shape index (κ2) is 48.6. The molecule has 0 radical (unpaired) electrons. The molecule has 548 valence electrons. The first-order chi connectivity index (χ1) is 48.0. The summed E-state index contributed by atoms with van der Waals surface area (Å²) in [6.45, 7) is 57.5. The molecule has 2 aromatic heterocycles. The van der Waals surface area contributed by atoms with Gasteiger partial charge in [-0.2, -0.15) is 0 Å². The van der Waals surface area contributed by atoms with E-state index in [-0.39, 0.29) is 0 Å². The summed E-state index contributed by atoms with van der Waals surface area (Å²) in [5.74, 6) is 0. The van der Waals surface area contributed by atoms with Gasteiger partial charge < -0.3 is 81.3 Å². The Morgan fingerprint density at radius 3 is 0.804 bits per heavy atom. The predicted octanol–water partition coefficient (Wildman–Crippen LogP) is 2.74. The van der Waals surface area contributed by atoms with Gasteiger partial charge in [-0.1, -0.05) is 42.5 Å². The van der Waals surface area contributed by atoms with Crippen LogP contribution >= 0.6 is 0 Å². The predicted molar refractivity (Wildman–Crippen MR) is 404 cm³/mol. The van der Waals surface area contributed by atoms with E-state index in [4.69, 9.17) is 9.97 Å². The van der Waals surface area contributed by atoms with E-state index < -0.39 is 0 Å². The minimum Gasteiger partial charge on any atom is -0.315 e. The summed E-state index contributed by atoms with van der Waals surface area (Å²) < 4.78 is 0. The maximum Gasteiger partial charge on any atom is 0.0548 e. The molecule has 8 saturated heterocycles. The molecule has 14 bridgehead atoms. The zero-order valence-corrected chi connectivity index (χ0v) is 61.3. The Balaban J connectivity index is 0.000000144. The van der Waals surface area contributed by atoms with E-state index in [9.17, 15) is 0 Å². The minimum absolute atomic E-state index is 0.892. The van der Waals surface area contributed by atoms with Crippen molar-refractivity contribution >= 4 is 0 Å². The highest BCUT2D eigenvalue weighted by molar-refractivity contribution is 5.16. The number of nitrogens with zero attached hydrogens (tertiary/aromatic N) is 14. The Morgan fingerprint density at radius 2 is 0.495 bits per heavy atom. The molecule has 11 aliphatic rings. The monoisotopic (exact) mass is 1350 g/mol. The third-order valence-corrected chi connectivity index (χ3v) is 21.2. The molecular formula is C76H139N21. The van der Waals surface area contributed by atoms with Gasteiger partial charge in [0.25, 0.3) is 0 Å². The lowest BCUT2D eigenvalue weighted by Gasteiger charge is -2.34. The second-order valence-corrected chi connectivity index (χ2v) is 29.2. The molecule has 8 unspecified atom stereocenters. The minimum atomic E-state index is 0.892. The zero-order chi connectivity index (χ0) is 66.7. The molecule has 0 amide bonds. The number of rotatable bonds is 2. The van der Waals surface area contributed by atoms with Gasteiger partial charge in [0.1, 0.15) is 0 Å².